The lowest BCUT2D eigenvalue weighted by molar-refractivity contribution is -0.127. The quantitative estimate of drug-likeness (QED) is 0.494. The molecule has 3 rings (SSSR count). The third-order valence-electron chi connectivity index (χ3n) is 6.43. The first-order valence-corrected chi connectivity index (χ1v) is 12.1. The summed E-state index contributed by atoms with van der Waals surface area (Å²) in [6, 6.07) is 5.59. The minimum Gasteiger partial charge on any atom is -0.396 e. The predicted octanol–water partition coefficient (Wildman–Crippen LogP) is 3.40. The van der Waals surface area contributed by atoms with Crippen molar-refractivity contribution in [3.63, 3.8) is 0 Å². The highest BCUT2D eigenvalue weighted by Gasteiger charge is 2.22. The van der Waals surface area contributed by atoms with E-state index in [0.717, 1.165) is 29.7 Å². The van der Waals surface area contributed by atoms with Crippen LogP contribution < -0.4 is 10.2 Å². The van der Waals surface area contributed by atoms with Gasteiger partial charge in [0.1, 0.15) is 0 Å². The number of carbonyl (C=O) groups excluding carboxylic acids is 2. The number of benzene rings is 1. The average molecular weight is 471 g/mol. The van der Waals surface area contributed by atoms with Gasteiger partial charge >= 0.3 is 6.03 Å². The number of aromatic amines is 1. The molecular weight excluding hydrogens is 432 g/mol. The molecule has 1 aromatic carbocycles. The lowest BCUT2D eigenvalue weighted by Gasteiger charge is -2.31. The van der Waals surface area contributed by atoms with Gasteiger partial charge in [0.2, 0.25) is 5.91 Å². The Morgan fingerprint density at radius 3 is 2.56 bits per heavy atom. The Bertz CT molecular complexity index is 925. The largest absolute Gasteiger partial charge is 0.396 e. The Morgan fingerprint density at radius 2 is 1.91 bits per heavy atom. The molecule has 0 spiro atoms. The van der Waals surface area contributed by atoms with Gasteiger partial charge in [-0.3, -0.25) is 9.89 Å². The second-order valence-electron chi connectivity index (χ2n) is 9.32. The van der Waals surface area contributed by atoms with Crippen LogP contribution in [-0.2, 0) is 4.79 Å². The maximum absolute atomic E-state index is 13.3. The molecule has 9 heteroatoms. The molecule has 9 nitrogen and oxygen atoms in total. The molecule has 1 saturated carbocycles. The van der Waals surface area contributed by atoms with Crippen LogP contribution >= 0.6 is 0 Å². The van der Waals surface area contributed by atoms with Gasteiger partial charge in [-0.15, -0.1) is 0 Å². The van der Waals surface area contributed by atoms with E-state index in [-0.39, 0.29) is 25.1 Å². The van der Waals surface area contributed by atoms with Crippen LogP contribution in [0, 0.1) is 5.92 Å². The molecule has 186 valence electrons. The van der Waals surface area contributed by atoms with Crippen molar-refractivity contribution in [3.05, 3.63) is 30.6 Å². The van der Waals surface area contributed by atoms with E-state index in [2.05, 4.69) is 15.5 Å². The van der Waals surface area contributed by atoms with Crippen LogP contribution in [0.2, 0.25) is 0 Å². The van der Waals surface area contributed by atoms with Gasteiger partial charge in [-0.2, -0.15) is 5.10 Å². The Kier molecular flexibility index (Phi) is 9.33. The van der Waals surface area contributed by atoms with E-state index < -0.39 is 0 Å². The van der Waals surface area contributed by atoms with Gasteiger partial charge in [-0.05, 0) is 42.9 Å². The van der Waals surface area contributed by atoms with E-state index >= 15 is 0 Å². The second-order valence-corrected chi connectivity index (χ2v) is 9.32. The smallest absolute Gasteiger partial charge is 0.321 e. The molecular formula is C25H38N6O3. The highest BCUT2D eigenvalue weighted by molar-refractivity contribution is 5.95. The number of H-pyrrole nitrogens is 1. The molecule has 0 saturated heterocycles. The minimum absolute atomic E-state index is 0.0321. The summed E-state index contributed by atoms with van der Waals surface area (Å²) in [5.41, 5.74) is 3.25. The number of urea groups is 1. The average Bonchev–Trinajstić information content (AvgIpc) is 3.37. The molecule has 3 amide bonds. The van der Waals surface area contributed by atoms with E-state index in [4.69, 9.17) is 0 Å². The van der Waals surface area contributed by atoms with Gasteiger partial charge in [0.15, 0.2) is 0 Å². The summed E-state index contributed by atoms with van der Waals surface area (Å²) in [7, 11) is 5.30. The third-order valence-corrected chi connectivity index (χ3v) is 6.43. The number of nitrogens with one attached hydrogen (secondary N) is 2. The molecule has 1 aliphatic carbocycles. The van der Waals surface area contributed by atoms with Crippen LogP contribution in [0.3, 0.4) is 0 Å². The van der Waals surface area contributed by atoms with Crippen molar-refractivity contribution in [1.29, 1.82) is 0 Å². The summed E-state index contributed by atoms with van der Waals surface area (Å²) in [4.78, 5) is 30.9. The molecule has 1 heterocycles. The van der Waals surface area contributed by atoms with Crippen LogP contribution in [0.1, 0.15) is 38.5 Å². The van der Waals surface area contributed by atoms with Crippen molar-refractivity contribution >= 4 is 23.3 Å². The lowest BCUT2D eigenvalue weighted by atomic mass is 9.89. The molecule has 1 fully saturated rings. The molecule has 0 unspecified atom stereocenters. The number of aliphatic hydroxyl groups excluding tert-OH is 1. The van der Waals surface area contributed by atoms with Crippen molar-refractivity contribution in [2.75, 3.05) is 57.6 Å². The zero-order valence-corrected chi connectivity index (χ0v) is 20.6. The number of nitrogens with zero attached hydrogens (tertiary/aromatic N) is 4. The van der Waals surface area contributed by atoms with Crippen molar-refractivity contribution in [1.82, 2.24) is 20.0 Å². The molecule has 2 aromatic rings. The number of anilines is 2. The van der Waals surface area contributed by atoms with Crippen molar-refractivity contribution < 1.29 is 14.7 Å². The van der Waals surface area contributed by atoms with Crippen molar-refractivity contribution in [2.45, 2.75) is 38.5 Å². The first-order valence-electron chi connectivity index (χ1n) is 12.1. The lowest BCUT2D eigenvalue weighted by Crippen LogP contribution is -2.40. The summed E-state index contributed by atoms with van der Waals surface area (Å²) < 4.78 is 0. The Labute approximate surface area is 202 Å². The molecule has 0 aliphatic heterocycles. The zero-order valence-electron chi connectivity index (χ0n) is 20.6. The van der Waals surface area contributed by atoms with Crippen molar-refractivity contribution in [3.8, 4) is 11.1 Å². The Balaban J connectivity index is 1.83. The molecule has 3 N–H and O–H groups in total. The number of hydrogen-bond donors (Lipinski definition) is 3. The molecule has 1 aliphatic rings. The Hall–Kier alpha value is -3.07. The maximum Gasteiger partial charge on any atom is 0.321 e. The highest BCUT2D eigenvalue weighted by Crippen LogP contribution is 2.32. The van der Waals surface area contributed by atoms with Gasteiger partial charge in [0.25, 0.3) is 0 Å². The van der Waals surface area contributed by atoms with E-state index in [1.165, 1.54) is 19.3 Å². The first-order chi connectivity index (χ1) is 16.4. The normalized spacial score (nSPS) is 14.0. The number of rotatable bonds is 10. The third kappa shape index (κ3) is 6.96. The summed E-state index contributed by atoms with van der Waals surface area (Å²) in [6.45, 7) is 1.44. The summed E-state index contributed by atoms with van der Waals surface area (Å²) >= 11 is 0. The molecule has 0 atom stereocenters. The molecule has 0 radical (unpaired) electrons. The first kappa shape index (κ1) is 25.6. The zero-order chi connectivity index (χ0) is 24.5. The fourth-order valence-electron chi connectivity index (χ4n) is 4.38. The topological polar surface area (TPSA) is 105 Å². The van der Waals surface area contributed by atoms with Gasteiger partial charge in [0.05, 0.1) is 24.1 Å². The van der Waals surface area contributed by atoms with Gasteiger partial charge in [0, 0.05) is 52.6 Å². The van der Waals surface area contributed by atoms with Crippen LogP contribution in [0.4, 0.5) is 16.2 Å². The summed E-state index contributed by atoms with van der Waals surface area (Å²) in [5, 5.41) is 19.3. The predicted molar refractivity (Wildman–Crippen MR) is 135 cm³/mol. The molecule has 0 bridgehead atoms. The van der Waals surface area contributed by atoms with Crippen molar-refractivity contribution in [2.24, 2.45) is 5.92 Å². The maximum atomic E-state index is 13.3. The van der Waals surface area contributed by atoms with E-state index in [9.17, 15) is 14.7 Å². The van der Waals surface area contributed by atoms with Crippen LogP contribution in [0.5, 0.6) is 0 Å². The minimum atomic E-state index is -0.177. The monoisotopic (exact) mass is 470 g/mol. The summed E-state index contributed by atoms with van der Waals surface area (Å²) in [5.74, 6) is 0.469. The van der Waals surface area contributed by atoms with Crippen LogP contribution in [0.25, 0.3) is 11.1 Å². The molecule has 1 aromatic heterocycles. The van der Waals surface area contributed by atoms with E-state index in [1.807, 2.05) is 41.2 Å². The number of aromatic nitrogens is 2. The standard InChI is InChI=1S/C25H38N6O3/c1-29(2)24(33)18-30(3)23-14-20(21-15-26-27-16-21)10-11-22(23)28-25(34)31(12-7-13-32)17-19-8-5-4-6-9-19/h10-11,14-16,19,32H,4-9,12-13,17-18H2,1-3H3,(H,26,27)(H,28,34). The molecule has 34 heavy (non-hydrogen) atoms. The number of hydrogen-bond acceptors (Lipinski definition) is 5. The Morgan fingerprint density at radius 1 is 1.15 bits per heavy atom. The fourth-order valence-corrected chi connectivity index (χ4v) is 4.38. The van der Waals surface area contributed by atoms with Gasteiger partial charge < -0.3 is 25.1 Å². The van der Waals surface area contributed by atoms with E-state index in [1.54, 1.807) is 25.2 Å². The van der Waals surface area contributed by atoms with Crippen LogP contribution in [0.15, 0.2) is 30.6 Å². The van der Waals surface area contributed by atoms with Gasteiger partial charge in [-0.1, -0.05) is 25.3 Å². The number of amides is 3. The number of aliphatic hydroxyl groups is 1. The second kappa shape index (κ2) is 12.4. The number of likely N-dealkylation sites (N-methyl/N-ethyl adjacent to an activating group) is 2. The SMILES string of the molecule is CN(C)C(=O)CN(C)c1cc(-c2cn[nH]c2)ccc1NC(=O)N(CCCO)CC1CCCCC1. The highest BCUT2D eigenvalue weighted by atomic mass is 16.3. The fraction of sp³-hybridized carbons (Fsp3) is 0.560. The summed E-state index contributed by atoms with van der Waals surface area (Å²) in [6.07, 6.45) is 10.1. The van der Waals surface area contributed by atoms with Gasteiger partial charge in [-0.25, -0.2) is 4.79 Å². The van der Waals surface area contributed by atoms with Crippen LogP contribution in [-0.4, -0.2) is 84.4 Å². The van der Waals surface area contributed by atoms with E-state index in [0.29, 0.717) is 31.1 Å². The number of carbonyl (C=O) groups is 2.